The SMILES string of the molecule is O=C(c1csc(-c2ncccn2)n1)N1CCO[C@H]2CCCC[C@H]21. The minimum absolute atomic E-state index is 0.00336. The summed E-state index contributed by atoms with van der Waals surface area (Å²) in [5.74, 6) is 0.567. The van der Waals surface area contributed by atoms with E-state index in [1.165, 1.54) is 17.8 Å². The molecule has 23 heavy (non-hydrogen) atoms. The number of carbonyl (C=O) groups is 1. The van der Waals surface area contributed by atoms with Gasteiger partial charge in [-0.3, -0.25) is 4.79 Å². The Balaban J connectivity index is 1.56. The van der Waals surface area contributed by atoms with E-state index in [0.717, 1.165) is 19.3 Å². The zero-order valence-electron chi connectivity index (χ0n) is 12.7. The first-order valence-electron chi connectivity index (χ1n) is 7.98. The lowest BCUT2D eigenvalue weighted by Crippen LogP contribution is -2.54. The van der Waals surface area contributed by atoms with Gasteiger partial charge in [0.1, 0.15) is 5.69 Å². The molecule has 1 amide bonds. The Morgan fingerprint density at radius 2 is 2.09 bits per heavy atom. The molecule has 120 valence electrons. The van der Waals surface area contributed by atoms with Crippen LogP contribution in [0.25, 0.3) is 10.8 Å². The van der Waals surface area contributed by atoms with Crippen molar-refractivity contribution >= 4 is 17.2 Å². The molecule has 2 atom stereocenters. The van der Waals surface area contributed by atoms with E-state index in [2.05, 4.69) is 15.0 Å². The summed E-state index contributed by atoms with van der Waals surface area (Å²) in [6.45, 7) is 1.26. The van der Waals surface area contributed by atoms with Gasteiger partial charge in [0.05, 0.1) is 18.8 Å². The number of ether oxygens (including phenoxy) is 1. The fourth-order valence-corrected chi connectivity index (χ4v) is 4.12. The van der Waals surface area contributed by atoms with Crippen LogP contribution >= 0.6 is 11.3 Å². The maximum Gasteiger partial charge on any atom is 0.273 e. The van der Waals surface area contributed by atoms with Gasteiger partial charge in [-0.1, -0.05) is 12.8 Å². The Labute approximate surface area is 138 Å². The smallest absolute Gasteiger partial charge is 0.273 e. The highest BCUT2D eigenvalue weighted by atomic mass is 32.1. The summed E-state index contributed by atoms with van der Waals surface area (Å²) < 4.78 is 5.84. The first kappa shape index (κ1) is 14.7. The van der Waals surface area contributed by atoms with E-state index in [9.17, 15) is 4.79 Å². The van der Waals surface area contributed by atoms with Gasteiger partial charge < -0.3 is 9.64 Å². The van der Waals surface area contributed by atoms with Gasteiger partial charge in [0.15, 0.2) is 10.8 Å². The number of morpholine rings is 1. The number of thiazole rings is 1. The molecule has 1 aliphatic carbocycles. The predicted octanol–water partition coefficient (Wildman–Crippen LogP) is 2.38. The van der Waals surface area contributed by atoms with Gasteiger partial charge >= 0.3 is 0 Å². The monoisotopic (exact) mass is 330 g/mol. The van der Waals surface area contributed by atoms with E-state index in [1.807, 2.05) is 4.90 Å². The van der Waals surface area contributed by atoms with Crippen molar-refractivity contribution in [2.45, 2.75) is 37.8 Å². The van der Waals surface area contributed by atoms with E-state index in [1.54, 1.807) is 23.8 Å². The third-order valence-corrected chi connectivity index (χ3v) is 5.31. The van der Waals surface area contributed by atoms with Gasteiger partial charge in [-0.2, -0.15) is 0 Å². The Bertz CT molecular complexity index is 688. The molecule has 0 unspecified atom stereocenters. The number of hydrogen-bond acceptors (Lipinski definition) is 6. The summed E-state index contributed by atoms with van der Waals surface area (Å²) in [6, 6.07) is 1.96. The van der Waals surface area contributed by atoms with Crippen LogP contribution in [-0.4, -0.2) is 51.1 Å². The zero-order chi connectivity index (χ0) is 15.6. The molecule has 0 aromatic carbocycles. The van der Waals surface area contributed by atoms with Crippen LogP contribution in [-0.2, 0) is 4.74 Å². The Kier molecular flexibility index (Phi) is 4.05. The molecule has 3 heterocycles. The molecule has 1 saturated carbocycles. The lowest BCUT2D eigenvalue weighted by molar-refractivity contribution is -0.0754. The first-order chi connectivity index (χ1) is 11.3. The summed E-state index contributed by atoms with van der Waals surface area (Å²) in [5, 5.41) is 2.49. The van der Waals surface area contributed by atoms with Crippen molar-refractivity contribution in [1.82, 2.24) is 19.9 Å². The molecule has 0 bridgehead atoms. The standard InChI is InChI=1S/C16H18N4O2S/c21-16(20-8-9-22-13-5-2-1-4-12(13)20)11-10-23-15(19-11)14-17-6-3-7-18-14/h3,6-7,10,12-13H,1-2,4-5,8-9H2/t12-,13+/m1/s1. The highest BCUT2D eigenvalue weighted by molar-refractivity contribution is 7.13. The van der Waals surface area contributed by atoms with E-state index >= 15 is 0 Å². The second-order valence-corrected chi connectivity index (χ2v) is 6.73. The maximum atomic E-state index is 12.9. The summed E-state index contributed by atoms with van der Waals surface area (Å²) in [6.07, 6.45) is 7.98. The average Bonchev–Trinajstić information content (AvgIpc) is 3.11. The van der Waals surface area contributed by atoms with E-state index in [0.29, 0.717) is 29.7 Å². The number of nitrogens with zero attached hydrogens (tertiary/aromatic N) is 4. The molecule has 2 aromatic heterocycles. The van der Waals surface area contributed by atoms with Crippen LogP contribution < -0.4 is 0 Å². The highest BCUT2D eigenvalue weighted by Crippen LogP contribution is 2.30. The van der Waals surface area contributed by atoms with Crippen molar-refractivity contribution in [3.63, 3.8) is 0 Å². The van der Waals surface area contributed by atoms with E-state index in [4.69, 9.17) is 4.74 Å². The number of fused-ring (bicyclic) bond motifs is 1. The molecule has 2 aliphatic rings. The normalized spacial score (nSPS) is 24.3. The molecule has 7 heteroatoms. The third kappa shape index (κ3) is 2.86. The largest absolute Gasteiger partial charge is 0.374 e. The first-order valence-corrected chi connectivity index (χ1v) is 8.86. The number of rotatable bonds is 2. The van der Waals surface area contributed by atoms with Crippen LogP contribution in [0.4, 0.5) is 0 Å². The Morgan fingerprint density at radius 1 is 1.26 bits per heavy atom. The van der Waals surface area contributed by atoms with Crippen LogP contribution in [0.15, 0.2) is 23.8 Å². The maximum absolute atomic E-state index is 12.9. The molecule has 2 fully saturated rings. The van der Waals surface area contributed by atoms with E-state index in [-0.39, 0.29) is 18.1 Å². The van der Waals surface area contributed by atoms with Gasteiger partial charge in [0.2, 0.25) is 0 Å². The van der Waals surface area contributed by atoms with Crippen LogP contribution in [0.5, 0.6) is 0 Å². The third-order valence-electron chi connectivity index (χ3n) is 4.47. The molecular weight excluding hydrogens is 312 g/mol. The van der Waals surface area contributed by atoms with Crippen molar-refractivity contribution in [2.75, 3.05) is 13.2 Å². The fourth-order valence-electron chi connectivity index (χ4n) is 3.38. The highest BCUT2D eigenvalue weighted by Gasteiger charge is 2.37. The quantitative estimate of drug-likeness (QED) is 0.846. The topological polar surface area (TPSA) is 68.2 Å². The van der Waals surface area contributed by atoms with Crippen molar-refractivity contribution < 1.29 is 9.53 Å². The van der Waals surface area contributed by atoms with Crippen LogP contribution in [0.2, 0.25) is 0 Å². The molecule has 0 N–H and O–H groups in total. The van der Waals surface area contributed by atoms with Crippen LogP contribution in [0.3, 0.4) is 0 Å². The molecule has 1 aliphatic heterocycles. The molecule has 1 saturated heterocycles. The van der Waals surface area contributed by atoms with Crippen molar-refractivity contribution in [3.8, 4) is 10.8 Å². The minimum atomic E-state index is 0.00336. The number of hydrogen-bond donors (Lipinski definition) is 0. The second-order valence-electron chi connectivity index (χ2n) is 5.87. The van der Waals surface area contributed by atoms with Crippen molar-refractivity contribution in [2.24, 2.45) is 0 Å². The van der Waals surface area contributed by atoms with Gasteiger partial charge in [-0.15, -0.1) is 11.3 Å². The van der Waals surface area contributed by atoms with Gasteiger partial charge in [0.25, 0.3) is 5.91 Å². The summed E-state index contributed by atoms with van der Waals surface area (Å²) in [4.78, 5) is 27.7. The number of carbonyl (C=O) groups excluding carboxylic acids is 1. The predicted molar refractivity (Wildman–Crippen MR) is 86.2 cm³/mol. The Morgan fingerprint density at radius 3 is 2.96 bits per heavy atom. The molecule has 4 rings (SSSR count). The van der Waals surface area contributed by atoms with Gasteiger partial charge in [-0.05, 0) is 18.9 Å². The molecule has 0 spiro atoms. The fraction of sp³-hybridized carbons (Fsp3) is 0.500. The number of amides is 1. The Hall–Kier alpha value is -1.86. The lowest BCUT2D eigenvalue weighted by Gasteiger charge is -2.43. The molecular formula is C16H18N4O2S. The molecule has 6 nitrogen and oxygen atoms in total. The number of aromatic nitrogens is 3. The van der Waals surface area contributed by atoms with Gasteiger partial charge in [-0.25, -0.2) is 15.0 Å². The lowest BCUT2D eigenvalue weighted by atomic mass is 9.90. The van der Waals surface area contributed by atoms with Crippen molar-refractivity contribution in [1.29, 1.82) is 0 Å². The molecule has 2 aromatic rings. The van der Waals surface area contributed by atoms with Crippen LogP contribution in [0, 0.1) is 0 Å². The van der Waals surface area contributed by atoms with Gasteiger partial charge in [0, 0.05) is 24.3 Å². The zero-order valence-corrected chi connectivity index (χ0v) is 13.5. The minimum Gasteiger partial charge on any atom is -0.374 e. The van der Waals surface area contributed by atoms with E-state index < -0.39 is 0 Å². The van der Waals surface area contributed by atoms with Crippen molar-refractivity contribution in [3.05, 3.63) is 29.5 Å². The summed E-state index contributed by atoms with van der Waals surface area (Å²) in [7, 11) is 0. The summed E-state index contributed by atoms with van der Waals surface area (Å²) in [5.41, 5.74) is 0.490. The molecule has 0 radical (unpaired) electrons. The van der Waals surface area contributed by atoms with Crippen LogP contribution in [0.1, 0.15) is 36.2 Å². The average molecular weight is 330 g/mol. The second kappa shape index (κ2) is 6.33. The summed E-state index contributed by atoms with van der Waals surface area (Å²) >= 11 is 1.41.